The molecule has 0 aromatic heterocycles. The van der Waals surface area contributed by atoms with Gasteiger partial charge in [0, 0.05) is 50.2 Å². The number of carbonyl (C=O) groups excluding carboxylic acids is 3. The number of esters is 1. The van der Waals surface area contributed by atoms with E-state index in [-0.39, 0.29) is 18.6 Å². The van der Waals surface area contributed by atoms with Gasteiger partial charge in [-0.15, -0.1) is 0 Å². The number of anilines is 2. The Hall–Kier alpha value is -3.75. The van der Waals surface area contributed by atoms with Crippen LogP contribution < -0.4 is 14.5 Å². The Morgan fingerprint density at radius 1 is 0.789 bits per heavy atom. The fourth-order valence-corrected chi connectivity index (χ4v) is 3.88. The largest absolute Gasteiger partial charge is 0.482 e. The maximum Gasteiger partial charge on any atom is 0.410 e. The standard InChI is InChI=1S/C29H39N3O6/c1-28(2,3)37-25(33)20-36-24-14-12-22(13-15-24)30(7)26(34)21-8-10-23(11-9-21)31-16-18-32(19-17-31)27(35)38-29(4,5)6/h8-15H,16-20H2,1-7H3. The quantitative estimate of drug-likeness (QED) is 0.503. The zero-order chi connectivity index (χ0) is 28.1. The van der Waals surface area contributed by atoms with Crippen molar-refractivity contribution < 1.29 is 28.6 Å². The van der Waals surface area contributed by atoms with Crippen molar-refractivity contribution in [2.45, 2.75) is 52.7 Å². The van der Waals surface area contributed by atoms with E-state index in [9.17, 15) is 14.4 Å². The summed E-state index contributed by atoms with van der Waals surface area (Å²) in [5.74, 6) is -0.0764. The van der Waals surface area contributed by atoms with Gasteiger partial charge in [-0.05, 0) is 90.1 Å². The Balaban J connectivity index is 1.53. The second kappa shape index (κ2) is 11.8. The highest BCUT2D eigenvalue weighted by atomic mass is 16.6. The van der Waals surface area contributed by atoms with Crippen LogP contribution in [0.25, 0.3) is 0 Å². The van der Waals surface area contributed by atoms with E-state index in [0.29, 0.717) is 43.2 Å². The summed E-state index contributed by atoms with van der Waals surface area (Å²) < 4.78 is 16.2. The molecule has 3 rings (SSSR count). The number of nitrogens with zero attached hydrogens (tertiary/aromatic N) is 3. The molecule has 0 N–H and O–H groups in total. The van der Waals surface area contributed by atoms with Gasteiger partial charge in [0.25, 0.3) is 5.91 Å². The number of hydrogen-bond acceptors (Lipinski definition) is 7. The van der Waals surface area contributed by atoms with Gasteiger partial charge in [0.05, 0.1) is 0 Å². The summed E-state index contributed by atoms with van der Waals surface area (Å²) in [6.07, 6.45) is -0.288. The van der Waals surface area contributed by atoms with Gasteiger partial charge in [0.1, 0.15) is 17.0 Å². The molecule has 206 valence electrons. The molecule has 9 heteroatoms. The number of rotatable bonds is 6. The first-order valence-electron chi connectivity index (χ1n) is 12.8. The van der Waals surface area contributed by atoms with Crippen LogP contribution in [-0.2, 0) is 14.3 Å². The molecule has 1 saturated heterocycles. The van der Waals surface area contributed by atoms with Gasteiger partial charge in [0.15, 0.2) is 6.61 Å². The molecule has 0 aliphatic carbocycles. The van der Waals surface area contributed by atoms with Crippen molar-refractivity contribution in [1.29, 1.82) is 0 Å². The van der Waals surface area contributed by atoms with Gasteiger partial charge in [-0.1, -0.05) is 0 Å². The molecule has 0 bridgehead atoms. The minimum Gasteiger partial charge on any atom is -0.482 e. The highest BCUT2D eigenvalue weighted by Gasteiger charge is 2.26. The van der Waals surface area contributed by atoms with Gasteiger partial charge in [-0.3, -0.25) is 4.79 Å². The summed E-state index contributed by atoms with van der Waals surface area (Å²) >= 11 is 0. The Kier molecular flexibility index (Phi) is 8.91. The van der Waals surface area contributed by atoms with Crippen molar-refractivity contribution in [3.05, 3.63) is 54.1 Å². The highest BCUT2D eigenvalue weighted by molar-refractivity contribution is 6.05. The average molecular weight is 526 g/mol. The van der Waals surface area contributed by atoms with Crippen LogP contribution in [-0.4, -0.2) is 73.9 Å². The van der Waals surface area contributed by atoms with E-state index in [1.165, 1.54) is 0 Å². The lowest BCUT2D eigenvalue weighted by Gasteiger charge is -2.36. The fourth-order valence-electron chi connectivity index (χ4n) is 3.88. The molecule has 0 saturated carbocycles. The summed E-state index contributed by atoms with van der Waals surface area (Å²) in [6.45, 7) is 13.3. The Morgan fingerprint density at radius 2 is 1.34 bits per heavy atom. The normalized spacial score (nSPS) is 14.1. The number of ether oxygens (including phenoxy) is 3. The highest BCUT2D eigenvalue weighted by Crippen LogP contribution is 2.23. The Bertz CT molecular complexity index is 1110. The topological polar surface area (TPSA) is 88.6 Å². The van der Waals surface area contributed by atoms with Crippen molar-refractivity contribution in [3.63, 3.8) is 0 Å². The minimum absolute atomic E-state index is 0.145. The molecule has 2 aromatic carbocycles. The Morgan fingerprint density at radius 3 is 1.87 bits per heavy atom. The maximum absolute atomic E-state index is 13.1. The molecule has 38 heavy (non-hydrogen) atoms. The van der Waals surface area contributed by atoms with Crippen LogP contribution in [0, 0.1) is 0 Å². The van der Waals surface area contributed by atoms with Gasteiger partial charge in [-0.25, -0.2) is 9.59 Å². The number of hydrogen-bond donors (Lipinski definition) is 0. The molecule has 1 heterocycles. The summed E-state index contributed by atoms with van der Waals surface area (Å²) in [4.78, 5) is 42.7. The molecular formula is C29H39N3O6. The molecule has 2 aromatic rings. The number of amides is 2. The van der Waals surface area contributed by atoms with E-state index < -0.39 is 17.2 Å². The van der Waals surface area contributed by atoms with Gasteiger partial charge in [-0.2, -0.15) is 0 Å². The number of benzene rings is 2. The third-order valence-corrected chi connectivity index (χ3v) is 5.72. The van der Waals surface area contributed by atoms with E-state index in [2.05, 4.69) is 4.90 Å². The maximum atomic E-state index is 13.1. The lowest BCUT2D eigenvalue weighted by atomic mass is 10.1. The van der Waals surface area contributed by atoms with Crippen LogP contribution in [0.2, 0.25) is 0 Å². The van der Waals surface area contributed by atoms with Gasteiger partial charge < -0.3 is 28.9 Å². The molecule has 9 nitrogen and oxygen atoms in total. The molecule has 0 spiro atoms. The van der Waals surface area contributed by atoms with E-state index in [0.717, 1.165) is 5.69 Å². The molecular weight excluding hydrogens is 486 g/mol. The van der Waals surface area contributed by atoms with Crippen molar-refractivity contribution >= 4 is 29.3 Å². The van der Waals surface area contributed by atoms with E-state index in [4.69, 9.17) is 14.2 Å². The van der Waals surface area contributed by atoms with Crippen LogP contribution in [0.4, 0.5) is 16.2 Å². The third kappa shape index (κ3) is 8.39. The lowest BCUT2D eigenvalue weighted by molar-refractivity contribution is -0.157. The summed E-state index contributed by atoms with van der Waals surface area (Å²) in [7, 11) is 1.71. The van der Waals surface area contributed by atoms with E-state index in [1.807, 2.05) is 45.0 Å². The SMILES string of the molecule is CN(C(=O)c1ccc(N2CCN(C(=O)OC(C)(C)C)CC2)cc1)c1ccc(OCC(=O)OC(C)(C)C)cc1. The summed E-state index contributed by atoms with van der Waals surface area (Å²) in [5.41, 5.74) is 1.18. The van der Waals surface area contributed by atoms with Gasteiger partial charge in [0.2, 0.25) is 0 Å². The van der Waals surface area contributed by atoms with E-state index in [1.54, 1.807) is 61.9 Å². The average Bonchev–Trinajstić information content (AvgIpc) is 2.85. The number of carbonyl (C=O) groups is 3. The van der Waals surface area contributed by atoms with Crippen molar-refractivity contribution in [3.8, 4) is 5.75 Å². The minimum atomic E-state index is -0.567. The molecule has 0 atom stereocenters. The van der Waals surface area contributed by atoms with E-state index >= 15 is 0 Å². The monoisotopic (exact) mass is 525 g/mol. The second-order valence-electron chi connectivity index (χ2n) is 11.2. The third-order valence-electron chi connectivity index (χ3n) is 5.72. The molecule has 1 fully saturated rings. The first-order chi connectivity index (χ1) is 17.7. The van der Waals surface area contributed by atoms with Crippen molar-refractivity contribution in [2.24, 2.45) is 0 Å². The predicted molar refractivity (Wildman–Crippen MR) is 147 cm³/mol. The van der Waals surface area contributed by atoms with Crippen LogP contribution in [0.5, 0.6) is 5.75 Å². The van der Waals surface area contributed by atoms with Crippen LogP contribution in [0.15, 0.2) is 48.5 Å². The first kappa shape index (κ1) is 28.8. The molecule has 1 aliphatic heterocycles. The van der Waals surface area contributed by atoms with Gasteiger partial charge >= 0.3 is 12.1 Å². The zero-order valence-electron chi connectivity index (χ0n) is 23.4. The lowest BCUT2D eigenvalue weighted by Crippen LogP contribution is -2.50. The molecule has 0 radical (unpaired) electrons. The number of piperazine rings is 1. The molecule has 0 unspecified atom stereocenters. The molecule has 1 aliphatic rings. The smallest absolute Gasteiger partial charge is 0.410 e. The first-order valence-corrected chi connectivity index (χ1v) is 12.8. The second-order valence-corrected chi connectivity index (χ2v) is 11.2. The zero-order valence-corrected chi connectivity index (χ0v) is 23.4. The summed E-state index contributed by atoms with van der Waals surface area (Å²) in [6, 6.07) is 14.4. The summed E-state index contributed by atoms with van der Waals surface area (Å²) in [5, 5.41) is 0. The Labute approximate surface area is 225 Å². The van der Waals surface area contributed by atoms with Crippen molar-refractivity contribution in [1.82, 2.24) is 4.90 Å². The van der Waals surface area contributed by atoms with Crippen molar-refractivity contribution in [2.75, 3.05) is 49.6 Å². The fraction of sp³-hybridized carbons (Fsp3) is 0.483. The molecule has 2 amide bonds. The van der Waals surface area contributed by atoms with Crippen LogP contribution in [0.1, 0.15) is 51.9 Å². The van der Waals surface area contributed by atoms with Crippen LogP contribution in [0.3, 0.4) is 0 Å². The van der Waals surface area contributed by atoms with Crippen LogP contribution >= 0.6 is 0 Å². The predicted octanol–water partition coefficient (Wildman–Crippen LogP) is 4.74.